The van der Waals surface area contributed by atoms with Crippen LogP contribution in [-0.2, 0) is 12.8 Å². The highest BCUT2D eigenvalue weighted by atomic mass is 15.2. The van der Waals surface area contributed by atoms with E-state index < -0.39 is 0 Å². The van der Waals surface area contributed by atoms with Crippen molar-refractivity contribution in [1.82, 2.24) is 4.57 Å². The number of quaternary nitrogens is 1. The van der Waals surface area contributed by atoms with Crippen LogP contribution < -0.4 is 10.2 Å². The van der Waals surface area contributed by atoms with Gasteiger partial charge in [0.15, 0.2) is 0 Å². The SMILES string of the molecule is C1=CCCC(N2c3ccccc3C3CC(C4C=Cc5c(c6c(n5-c5ccc(C7C=C(c8ccccc8)c8ccccc8[NH2+]7)cc5)CCC=C6)C4)C=CC32)=C1. The Morgan fingerprint density at radius 1 is 0.704 bits per heavy atom. The van der Waals surface area contributed by atoms with Gasteiger partial charge in [0.05, 0.1) is 6.04 Å². The summed E-state index contributed by atoms with van der Waals surface area (Å²) < 4.78 is 2.58. The molecule has 11 rings (SSSR count). The first-order valence-electron chi connectivity index (χ1n) is 20.1. The van der Waals surface area contributed by atoms with Crippen molar-refractivity contribution in [1.29, 1.82) is 0 Å². The molecule has 54 heavy (non-hydrogen) atoms. The summed E-state index contributed by atoms with van der Waals surface area (Å²) in [6, 6.07) is 39.0. The molecule has 3 heteroatoms. The number of hydrogen-bond donors (Lipinski definition) is 1. The molecule has 5 atom stereocenters. The van der Waals surface area contributed by atoms with Gasteiger partial charge in [-0.3, -0.25) is 0 Å². The van der Waals surface area contributed by atoms with Gasteiger partial charge in [-0.25, -0.2) is 0 Å². The Bertz CT molecular complexity index is 2450. The van der Waals surface area contributed by atoms with Gasteiger partial charge in [-0.15, -0.1) is 0 Å². The van der Waals surface area contributed by atoms with E-state index in [1.54, 1.807) is 0 Å². The molecule has 4 aromatic carbocycles. The summed E-state index contributed by atoms with van der Waals surface area (Å²) in [4.78, 5) is 2.65. The Balaban J connectivity index is 0.895. The molecule has 3 heterocycles. The lowest BCUT2D eigenvalue weighted by atomic mass is 9.72. The molecule has 5 unspecified atom stereocenters. The molecular weight excluding hydrogens is 655 g/mol. The van der Waals surface area contributed by atoms with Crippen molar-refractivity contribution in [2.45, 2.75) is 56.5 Å². The molecule has 4 aliphatic carbocycles. The molecule has 0 saturated heterocycles. The van der Waals surface area contributed by atoms with Crippen LogP contribution in [0.1, 0.15) is 82.4 Å². The molecule has 0 fully saturated rings. The van der Waals surface area contributed by atoms with Gasteiger partial charge in [0.1, 0.15) is 11.7 Å². The van der Waals surface area contributed by atoms with E-state index in [4.69, 9.17) is 0 Å². The number of aromatic nitrogens is 1. The van der Waals surface area contributed by atoms with Crippen LogP contribution >= 0.6 is 0 Å². The lowest BCUT2D eigenvalue weighted by Crippen LogP contribution is -2.80. The highest BCUT2D eigenvalue weighted by Gasteiger charge is 2.43. The third kappa shape index (κ3) is 5.21. The van der Waals surface area contributed by atoms with E-state index in [9.17, 15) is 0 Å². The Labute approximate surface area is 319 Å². The lowest BCUT2D eigenvalue weighted by molar-refractivity contribution is -0.607. The maximum Gasteiger partial charge on any atom is 0.138 e. The summed E-state index contributed by atoms with van der Waals surface area (Å²) in [5, 5.41) is 2.43. The molecule has 0 saturated carbocycles. The number of rotatable bonds is 5. The van der Waals surface area contributed by atoms with Gasteiger partial charge < -0.3 is 14.8 Å². The number of nitrogens with zero attached hydrogens (tertiary/aromatic N) is 2. The smallest absolute Gasteiger partial charge is 0.138 e. The quantitative estimate of drug-likeness (QED) is 0.143. The van der Waals surface area contributed by atoms with E-state index in [-0.39, 0.29) is 6.04 Å². The number of allylic oxidation sites excluding steroid dienone is 7. The van der Waals surface area contributed by atoms with Gasteiger partial charge in [0.2, 0.25) is 0 Å². The zero-order chi connectivity index (χ0) is 35.6. The van der Waals surface area contributed by atoms with Crippen LogP contribution in [0.2, 0.25) is 0 Å². The molecule has 0 spiro atoms. The molecule has 264 valence electrons. The summed E-state index contributed by atoms with van der Waals surface area (Å²) >= 11 is 0. The van der Waals surface area contributed by atoms with Crippen molar-refractivity contribution in [3.8, 4) is 5.69 Å². The summed E-state index contributed by atoms with van der Waals surface area (Å²) in [5.41, 5.74) is 18.1. The minimum Gasteiger partial charge on any atom is -0.337 e. The van der Waals surface area contributed by atoms with Gasteiger partial charge in [0.25, 0.3) is 0 Å². The van der Waals surface area contributed by atoms with Crippen LogP contribution in [0.15, 0.2) is 157 Å². The number of para-hydroxylation sites is 2. The molecular formula is C51H46N3+. The first kappa shape index (κ1) is 31.8. The van der Waals surface area contributed by atoms with Crippen LogP contribution in [0.4, 0.5) is 11.4 Å². The van der Waals surface area contributed by atoms with E-state index in [0.717, 1.165) is 32.1 Å². The maximum atomic E-state index is 2.65. The predicted octanol–water partition coefficient (Wildman–Crippen LogP) is 10.8. The second-order valence-corrected chi connectivity index (χ2v) is 16.0. The average Bonchev–Trinajstić information content (AvgIpc) is 3.76. The summed E-state index contributed by atoms with van der Waals surface area (Å²) in [7, 11) is 0. The molecule has 2 N–H and O–H groups in total. The van der Waals surface area contributed by atoms with Gasteiger partial charge in [-0.05, 0) is 127 Å². The Hall–Kier alpha value is -5.64. The monoisotopic (exact) mass is 700 g/mol. The molecule has 2 aliphatic heterocycles. The molecule has 0 amide bonds. The summed E-state index contributed by atoms with van der Waals surface area (Å²) in [6.07, 6.45) is 31.0. The van der Waals surface area contributed by atoms with Crippen molar-refractivity contribution in [3.05, 3.63) is 202 Å². The minimum atomic E-state index is 0.221. The number of nitrogens with two attached hydrogens (primary N) is 1. The van der Waals surface area contributed by atoms with Crippen molar-refractivity contribution >= 4 is 29.1 Å². The lowest BCUT2D eigenvalue weighted by Gasteiger charge is -2.37. The number of hydrogen-bond acceptors (Lipinski definition) is 1. The fourth-order valence-corrected chi connectivity index (χ4v) is 10.5. The second-order valence-electron chi connectivity index (χ2n) is 16.0. The van der Waals surface area contributed by atoms with Crippen LogP contribution in [0.5, 0.6) is 0 Å². The summed E-state index contributed by atoms with van der Waals surface area (Å²) in [5.74, 6) is 1.56. The first-order valence-corrected chi connectivity index (χ1v) is 20.1. The highest BCUT2D eigenvalue weighted by Crippen LogP contribution is 2.51. The zero-order valence-electron chi connectivity index (χ0n) is 30.7. The maximum absolute atomic E-state index is 2.65. The molecule has 0 bridgehead atoms. The van der Waals surface area contributed by atoms with E-state index >= 15 is 0 Å². The fourth-order valence-electron chi connectivity index (χ4n) is 10.5. The van der Waals surface area contributed by atoms with Crippen molar-refractivity contribution in [2.24, 2.45) is 11.8 Å². The normalized spacial score (nSPS) is 24.6. The van der Waals surface area contributed by atoms with E-state index in [1.807, 2.05) is 0 Å². The van der Waals surface area contributed by atoms with Crippen molar-refractivity contribution < 1.29 is 5.32 Å². The number of fused-ring (bicyclic) bond motifs is 7. The Morgan fingerprint density at radius 3 is 2.43 bits per heavy atom. The van der Waals surface area contributed by atoms with Crippen LogP contribution in [0, 0.1) is 11.8 Å². The van der Waals surface area contributed by atoms with Gasteiger partial charge >= 0.3 is 0 Å². The molecule has 5 aromatic rings. The topological polar surface area (TPSA) is 24.8 Å². The van der Waals surface area contributed by atoms with Gasteiger partial charge in [-0.2, -0.15) is 0 Å². The minimum absolute atomic E-state index is 0.221. The third-order valence-electron chi connectivity index (χ3n) is 13.0. The number of anilines is 1. The van der Waals surface area contributed by atoms with E-state index in [2.05, 4.69) is 179 Å². The van der Waals surface area contributed by atoms with Crippen molar-refractivity contribution in [3.63, 3.8) is 0 Å². The molecule has 1 aromatic heterocycles. The largest absolute Gasteiger partial charge is 0.337 e. The Kier molecular flexibility index (Phi) is 7.69. The predicted molar refractivity (Wildman–Crippen MR) is 223 cm³/mol. The van der Waals surface area contributed by atoms with Crippen LogP contribution in [0.25, 0.3) is 23.4 Å². The average molecular weight is 701 g/mol. The summed E-state index contributed by atoms with van der Waals surface area (Å²) in [6.45, 7) is 0. The fraction of sp³-hybridized carbons (Fsp3) is 0.216. The van der Waals surface area contributed by atoms with Gasteiger partial charge in [0, 0.05) is 45.5 Å². The molecule has 3 nitrogen and oxygen atoms in total. The first-order chi connectivity index (χ1) is 26.8. The van der Waals surface area contributed by atoms with Crippen LogP contribution in [-0.4, -0.2) is 10.6 Å². The standard InChI is InChI=1S/C51H45N3/c1-3-13-34(14-4-1)43-33-47(52-46-20-10-7-17-40(43)46)35-23-27-39(28-24-35)54-49-22-12-9-19-42(49)45-32-37(26-30-51(45)54)36-25-29-50-44(31-36)41-18-8-11-21-48(41)53(50)38-15-5-2-6-16-38/h1-5,7-11,13-15,17-21,23-30,33,36-37,44,47,50,52H,6,12,16,22,31-32H2/p+1. The second kappa shape index (κ2) is 13.0. The third-order valence-corrected chi connectivity index (χ3v) is 13.0. The molecule has 0 radical (unpaired) electrons. The zero-order valence-corrected chi connectivity index (χ0v) is 30.7. The van der Waals surface area contributed by atoms with Gasteiger partial charge in [-0.1, -0.05) is 115 Å². The number of benzene rings is 4. The van der Waals surface area contributed by atoms with Crippen LogP contribution in [0.3, 0.4) is 0 Å². The van der Waals surface area contributed by atoms with E-state index in [0.29, 0.717) is 23.8 Å². The van der Waals surface area contributed by atoms with Crippen molar-refractivity contribution in [2.75, 3.05) is 4.90 Å². The molecule has 6 aliphatic rings. The van der Waals surface area contributed by atoms with E-state index in [1.165, 1.54) is 79.5 Å². The highest BCUT2D eigenvalue weighted by molar-refractivity contribution is 5.85. The Morgan fingerprint density at radius 2 is 1.54 bits per heavy atom.